The third-order valence-corrected chi connectivity index (χ3v) is 2.60. The summed E-state index contributed by atoms with van der Waals surface area (Å²) < 4.78 is 52.3. The van der Waals surface area contributed by atoms with Crippen LogP contribution in [0.4, 0.5) is 17.6 Å². The summed E-state index contributed by atoms with van der Waals surface area (Å²) >= 11 is 2.84. The van der Waals surface area contributed by atoms with Gasteiger partial charge in [0.05, 0.1) is 17.0 Å². The molecule has 0 spiro atoms. The molecule has 0 unspecified atom stereocenters. The van der Waals surface area contributed by atoms with Gasteiger partial charge >= 0.3 is 6.36 Å². The van der Waals surface area contributed by atoms with Crippen LogP contribution < -0.4 is 4.74 Å². The summed E-state index contributed by atoms with van der Waals surface area (Å²) in [5.41, 5.74) is -0.278. The maximum atomic E-state index is 12.5. The number of aromatic nitrogens is 1. The van der Waals surface area contributed by atoms with Gasteiger partial charge < -0.3 is 4.74 Å². The topological polar surface area (TPSA) is 45.9 Å². The Morgan fingerprint density at radius 1 is 1.47 bits per heavy atom. The number of pyridine rings is 1. The highest BCUT2D eigenvalue weighted by molar-refractivity contribution is 9.10. The van der Waals surface area contributed by atoms with E-state index in [2.05, 4.69) is 25.7 Å². The van der Waals surface area contributed by atoms with E-state index in [0.717, 1.165) is 6.20 Å². The SMILES string of the molecule is N#CCc1cnc(CF)c(OC(F)(F)F)c1Br. The van der Waals surface area contributed by atoms with Crippen LogP contribution in [0.5, 0.6) is 5.75 Å². The number of ether oxygens (including phenoxy) is 1. The van der Waals surface area contributed by atoms with Gasteiger partial charge in [0.15, 0.2) is 5.75 Å². The van der Waals surface area contributed by atoms with E-state index in [1.54, 1.807) is 6.07 Å². The average molecular weight is 313 g/mol. The summed E-state index contributed by atoms with van der Waals surface area (Å²) in [4.78, 5) is 3.48. The van der Waals surface area contributed by atoms with Crippen LogP contribution in [0.1, 0.15) is 11.3 Å². The van der Waals surface area contributed by atoms with E-state index in [9.17, 15) is 17.6 Å². The van der Waals surface area contributed by atoms with E-state index in [-0.39, 0.29) is 16.5 Å². The standard InChI is InChI=1S/C9H5BrF4N2O/c10-7-5(1-2-15)4-16-6(3-11)8(7)17-9(12,13)14/h4H,1,3H2. The van der Waals surface area contributed by atoms with Crippen LogP contribution in [0.3, 0.4) is 0 Å². The molecular formula is C9H5BrF4N2O. The first-order chi connectivity index (χ1) is 7.89. The number of hydrogen-bond acceptors (Lipinski definition) is 3. The molecule has 0 fully saturated rings. The minimum absolute atomic E-state index is 0.112. The van der Waals surface area contributed by atoms with Crippen molar-refractivity contribution in [3.63, 3.8) is 0 Å². The average Bonchev–Trinajstić information content (AvgIpc) is 2.23. The number of nitrogens with zero attached hydrogens (tertiary/aromatic N) is 2. The molecule has 1 rings (SSSR count). The first-order valence-corrected chi connectivity index (χ1v) is 5.03. The quantitative estimate of drug-likeness (QED) is 0.805. The molecule has 0 N–H and O–H groups in total. The van der Waals surface area contributed by atoms with E-state index in [0.29, 0.717) is 0 Å². The van der Waals surface area contributed by atoms with Crippen molar-refractivity contribution in [3.05, 3.63) is 21.9 Å². The third-order valence-electron chi connectivity index (χ3n) is 1.73. The molecule has 0 aromatic carbocycles. The molecule has 1 aromatic heterocycles. The fraction of sp³-hybridized carbons (Fsp3) is 0.333. The van der Waals surface area contributed by atoms with Crippen molar-refractivity contribution < 1.29 is 22.3 Å². The van der Waals surface area contributed by atoms with Crippen LogP contribution in [0.2, 0.25) is 0 Å². The van der Waals surface area contributed by atoms with Crippen LogP contribution in [-0.4, -0.2) is 11.3 Å². The van der Waals surface area contributed by atoms with Crippen molar-refractivity contribution in [3.8, 4) is 11.8 Å². The van der Waals surface area contributed by atoms with Crippen molar-refractivity contribution in [2.45, 2.75) is 19.5 Å². The van der Waals surface area contributed by atoms with E-state index >= 15 is 0 Å². The molecule has 0 aliphatic rings. The van der Waals surface area contributed by atoms with Crippen molar-refractivity contribution in [1.29, 1.82) is 5.26 Å². The zero-order valence-electron chi connectivity index (χ0n) is 8.18. The van der Waals surface area contributed by atoms with Crippen LogP contribution in [0.15, 0.2) is 10.7 Å². The predicted octanol–water partition coefficient (Wildman–Crippen LogP) is 3.28. The fourth-order valence-corrected chi connectivity index (χ4v) is 1.62. The Bertz CT molecular complexity index is 456. The van der Waals surface area contributed by atoms with Crippen molar-refractivity contribution in [2.24, 2.45) is 0 Å². The number of hydrogen-bond donors (Lipinski definition) is 0. The molecule has 0 radical (unpaired) electrons. The lowest BCUT2D eigenvalue weighted by Gasteiger charge is -2.14. The monoisotopic (exact) mass is 312 g/mol. The molecule has 92 valence electrons. The summed E-state index contributed by atoms with van der Waals surface area (Å²) in [5.74, 6) is -0.743. The van der Waals surface area contributed by atoms with Gasteiger partial charge in [-0.3, -0.25) is 4.98 Å². The Morgan fingerprint density at radius 2 is 2.12 bits per heavy atom. The predicted molar refractivity (Wildman–Crippen MR) is 52.7 cm³/mol. The van der Waals surface area contributed by atoms with Gasteiger partial charge in [0.2, 0.25) is 0 Å². The molecule has 0 aliphatic heterocycles. The van der Waals surface area contributed by atoms with Gasteiger partial charge in [-0.1, -0.05) is 0 Å². The molecular weight excluding hydrogens is 308 g/mol. The number of alkyl halides is 4. The highest BCUT2D eigenvalue weighted by atomic mass is 79.9. The summed E-state index contributed by atoms with van der Waals surface area (Å²) in [6.45, 7) is -1.20. The fourth-order valence-electron chi connectivity index (χ4n) is 1.07. The van der Waals surface area contributed by atoms with Crippen molar-refractivity contribution >= 4 is 15.9 Å². The summed E-state index contributed by atoms with van der Waals surface area (Å²) in [5, 5.41) is 8.46. The van der Waals surface area contributed by atoms with Gasteiger partial charge in [0, 0.05) is 11.8 Å². The highest BCUT2D eigenvalue weighted by Crippen LogP contribution is 2.35. The lowest BCUT2D eigenvalue weighted by molar-refractivity contribution is -0.275. The molecule has 3 nitrogen and oxygen atoms in total. The normalized spacial score (nSPS) is 11.1. The van der Waals surface area contributed by atoms with Crippen LogP contribution in [-0.2, 0) is 13.1 Å². The third kappa shape index (κ3) is 3.56. The highest BCUT2D eigenvalue weighted by Gasteiger charge is 2.34. The van der Waals surface area contributed by atoms with Crippen LogP contribution in [0.25, 0.3) is 0 Å². The summed E-state index contributed by atoms with van der Waals surface area (Å²) in [6, 6.07) is 1.75. The second kappa shape index (κ2) is 5.31. The Kier molecular flexibility index (Phi) is 4.28. The summed E-state index contributed by atoms with van der Waals surface area (Å²) in [7, 11) is 0. The number of halogens is 5. The minimum atomic E-state index is -4.95. The first-order valence-electron chi connectivity index (χ1n) is 4.24. The zero-order valence-corrected chi connectivity index (χ0v) is 9.77. The molecule has 8 heteroatoms. The van der Waals surface area contributed by atoms with Gasteiger partial charge in [-0.2, -0.15) is 5.26 Å². The molecule has 1 aromatic rings. The molecule has 0 bridgehead atoms. The van der Waals surface area contributed by atoms with Gasteiger partial charge in [-0.15, -0.1) is 13.2 Å². The van der Waals surface area contributed by atoms with Gasteiger partial charge in [-0.25, -0.2) is 4.39 Å². The molecule has 0 aliphatic carbocycles. The molecule has 0 amide bonds. The van der Waals surface area contributed by atoms with Gasteiger partial charge in [-0.05, 0) is 15.9 Å². The van der Waals surface area contributed by atoms with Crippen molar-refractivity contribution in [2.75, 3.05) is 0 Å². The summed E-state index contributed by atoms with van der Waals surface area (Å²) in [6.07, 6.45) is -3.97. The largest absolute Gasteiger partial charge is 0.573 e. The van der Waals surface area contributed by atoms with Crippen LogP contribution in [0, 0.1) is 11.3 Å². The Hall–Kier alpha value is -1.36. The molecule has 17 heavy (non-hydrogen) atoms. The first kappa shape index (κ1) is 13.7. The van der Waals surface area contributed by atoms with E-state index in [1.807, 2.05) is 0 Å². The van der Waals surface area contributed by atoms with E-state index in [4.69, 9.17) is 5.26 Å². The number of rotatable bonds is 3. The maximum absolute atomic E-state index is 12.5. The van der Waals surface area contributed by atoms with Crippen molar-refractivity contribution in [1.82, 2.24) is 4.98 Å². The second-order valence-corrected chi connectivity index (χ2v) is 3.68. The Morgan fingerprint density at radius 3 is 2.59 bits per heavy atom. The minimum Gasteiger partial charge on any atom is -0.402 e. The molecule has 0 saturated carbocycles. The molecule has 1 heterocycles. The smallest absolute Gasteiger partial charge is 0.402 e. The van der Waals surface area contributed by atoms with E-state index in [1.165, 1.54) is 0 Å². The lowest BCUT2D eigenvalue weighted by Crippen LogP contribution is -2.19. The lowest BCUT2D eigenvalue weighted by atomic mass is 10.2. The Labute approximate surface area is 102 Å². The Balaban J connectivity index is 3.23. The zero-order chi connectivity index (χ0) is 13.1. The molecule has 0 saturated heterocycles. The number of nitriles is 1. The molecule has 0 atom stereocenters. The van der Waals surface area contributed by atoms with Crippen LogP contribution >= 0.6 is 15.9 Å². The van der Waals surface area contributed by atoms with Gasteiger partial charge in [0.1, 0.15) is 12.4 Å². The van der Waals surface area contributed by atoms with E-state index < -0.39 is 24.5 Å². The maximum Gasteiger partial charge on any atom is 0.573 e. The second-order valence-electron chi connectivity index (χ2n) is 2.89. The van der Waals surface area contributed by atoms with Gasteiger partial charge in [0.25, 0.3) is 0 Å².